The van der Waals surface area contributed by atoms with E-state index in [4.69, 9.17) is 9.63 Å². The van der Waals surface area contributed by atoms with E-state index in [1.807, 2.05) is 0 Å². The van der Waals surface area contributed by atoms with Crippen LogP contribution in [0.5, 0.6) is 0 Å². The predicted molar refractivity (Wildman–Crippen MR) is 56.0 cm³/mol. The molecule has 0 amide bonds. The molecule has 0 aromatic carbocycles. The number of aromatic nitrogens is 2. The Hall–Kier alpha value is -0.990. The molecule has 0 spiro atoms. The van der Waals surface area contributed by atoms with E-state index in [9.17, 15) is 8.42 Å². The van der Waals surface area contributed by atoms with E-state index in [0.29, 0.717) is 24.6 Å². The maximum absolute atomic E-state index is 11.4. The first-order valence-corrected chi connectivity index (χ1v) is 6.56. The lowest BCUT2D eigenvalue weighted by atomic mass is 10.4. The molecule has 0 fully saturated rings. The van der Waals surface area contributed by atoms with Crippen molar-refractivity contribution in [1.29, 1.82) is 0 Å². The number of sulfonamides is 1. The summed E-state index contributed by atoms with van der Waals surface area (Å²) in [7, 11) is -3.33. The van der Waals surface area contributed by atoms with Crippen LogP contribution in [-0.2, 0) is 16.6 Å². The van der Waals surface area contributed by atoms with Gasteiger partial charge in [0.05, 0.1) is 12.3 Å². The molecule has 1 heterocycles. The van der Waals surface area contributed by atoms with Gasteiger partial charge in [-0.2, -0.15) is 4.98 Å². The van der Waals surface area contributed by atoms with Gasteiger partial charge in [-0.05, 0) is 12.8 Å². The van der Waals surface area contributed by atoms with E-state index in [1.165, 1.54) is 0 Å². The minimum Gasteiger partial charge on any atom is -0.396 e. The summed E-state index contributed by atoms with van der Waals surface area (Å²) in [5.74, 6) is 0.697. The highest BCUT2D eigenvalue weighted by atomic mass is 32.2. The van der Waals surface area contributed by atoms with Gasteiger partial charge in [0, 0.05) is 13.5 Å². The quantitative estimate of drug-likeness (QED) is 0.635. The molecule has 0 radical (unpaired) electrons. The summed E-state index contributed by atoms with van der Waals surface area (Å²) in [6.45, 7) is 1.66. The highest BCUT2D eigenvalue weighted by Gasteiger charge is 2.11. The third kappa shape index (κ3) is 4.69. The fourth-order valence-electron chi connectivity index (χ4n) is 1.06. The second-order valence-corrected chi connectivity index (χ2v) is 5.23. The fraction of sp³-hybridized carbons (Fsp3) is 0.750. The van der Waals surface area contributed by atoms with Crippen molar-refractivity contribution in [2.24, 2.45) is 0 Å². The van der Waals surface area contributed by atoms with Gasteiger partial charge < -0.3 is 9.63 Å². The normalized spacial score (nSPS) is 11.9. The topological polar surface area (TPSA) is 105 Å². The van der Waals surface area contributed by atoms with Gasteiger partial charge in [0.25, 0.3) is 0 Å². The molecule has 0 saturated carbocycles. The van der Waals surface area contributed by atoms with Crippen LogP contribution in [0.2, 0.25) is 0 Å². The first kappa shape index (κ1) is 13.1. The maximum Gasteiger partial charge on any atom is 0.223 e. The van der Waals surface area contributed by atoms with Gasteiger partial charge in [0.15, 0.2) is 5.82 Å². The number of rotatable bonds is 7. The highest BCUT2D eigenvalue weighted by Crippen LogP contribution is 1.98. The molecule has 7 nitrogen and oxygen atoms in total. The number of aliphatic hydroxyl groups is 1. The van der Waals surface area contributed by atoms with E-state index < -0.39 is 10.0 Å². The number of nitrogens with zero attached hydrogens (tertiary/aromatic N) is 2. The summed E-state index contributed by atoms with van der Waals surface area (Å²) < 4.78 is 29.9. The second kappa shape index (κ2) is 5.92. The number of aryl methyl sites for hydroxylation is 1. The molecule has 0 atom stereocenters. The summed E-state index contributed by atoms with van der Waals surface area (Å²) in [6.07, 6.45) is 0.902. The molecule has 0 aliphatic heterocycles. The van der Waals surface area contributed by atoms with Crippen molar-refractivity contribution in [1.82, 2.24) is 14.9 Å². The van der Waals surface area contributed by atoms with E-state index in [2.05, 4.69) is 14.9 Å². The van der Waals surface area contributed by atoms with Gasteiger partial charge in [-0.15, -0.1) is 0 Å². The Morgan fingerprint density at radius 1 is 1.44 bits per heavy atom. The predicted octanol–water partition coefficient (Wildman–Crippen LogP) is -0.430. The van der Waals surface area contributed by atoms with Gasteiger partial charge >= 0.3 is 0 Å². The van der Waals surface area contributed by atoms with Crippen LogP contribution in [0.1, 0.15) is 24.6 Å². The SMILES string of the molecule is Cc1nc(CNS(=O)(=O)CCCCO)no1. The first-order valence-electron chi connectivity index (χ1n) is 4.91. The molecule has 1 aromatic heterocycles. The molecule has 0 bridgehead atoms. The monoisotopic (exact) mass is 249 g/mol. The Bertz CT molecular complexity index is 415. The maximum atomic E-state index is 11.4. The van der Waals surface area contributed by atoms with E-state index in [-0.39, 0.29) is 18.9 Å². The van der Waals surface area contributed by atoms with Gasteiger partial charge in [-0.1, -0.05) is 5.16 Å². The average molecular weight is 249 g/mol. The van der Waals surface area contributed by atoms with Crippen molar-refractivity contribution in [3.63, 3.8) is 0 Å². The summed E-state index contributed by atoms with van der Waals surface area (Å²) in [6, 6.07) is 0. The molecule has 8 heteroatoms. The smallest absolute Gasteiger partial charge is 0.223 e. The summed E-state index contributed by atoms with van der Waals surface area (Å²) in [4.78, 5) is 3.87. The second-order valence-electron chi connectivity index (χ2n) is 3.30. The molecule has 16 heavy (non-hydrogen) atoms. The van der Waals surface area contributed by atoms with Crippen LogP contribution < -0.4 is 4.72 Å². The third-order valence-corrected chi connectivity index (χ3v) is 3.25. The number of hydrogen-bond donors (Lipinski definition) is 2. The summed E-state index contributed by atoms with van der Waals surface area (Å²) in [5, 5.41) is 12.1. The summed E-state index contributed by atoms with van der Waals surface area (Å²) >= 11 is 0. The fourth-order valence-corrected chi connectivity index (χ4v) is 2.14. The molecule has 92 valence electrons. The molecular weight excluding hydrogens is 234 g/mol. The van der Waals surface area contributed by atoms with Crippen molar-refractivity contribution in [2.75, 3.05) is 12.4 Å². The lowest BCUT2D eigenvalue weighted by molar-refractivity contribution is 0.287. The summed E-state index contributed by atoms with van der Waals surface area (Å²) in [5.41, 5.74) is 0. The first-order chi connectivity index (χ1) is 7.53. The Balaban J connectivity index is 2.36. The molecule has 0 unspecified atom stereocenters. The van der Waals surface area contributed by atoms with Crippen LogP contribution in [0.4, 0.5) is 0 Å². The van der Waals surface area contributed by atoms with Crippen molar-refractivity contribution >= 4 is 10.0 Å². The third-order valence-electron chi connectivity index (χ3n) is 1.84. The van der Waals surface area contributed by atoms with Crippen LogP contribution in [-0.4, -0.2) is 36.0 Å². The van der Waals surface area contributed by atoms with E-state index in [0.717, 1.165) is 0 Å². The lowest BCUT2D eigenvalue weighted by Crippen LogP contribution is -2.26. The minimum atomic E-state index is -3.33. The van der Waals surface area contributed by atoms with Gasteiger partial charge in [0.2, 0.25) is 15.9 Å². The molecule has 0 aliphatic rings. The van der Waals surface area contributed by atoms with Crippen LogP contribution in [0, 0.1) is 6.92 Å². The van der Waals surface area contributed by atoms with Crippen LogP contribution >= 0.6 is 0 Å². The zero-order chi connectivity index (χ0) is 12.0. The Morgan fingerprint density at radius 2 is 2.19 bits per heavy atom. The largest absolute Gasteiger partial charge is 0.396 e. The average Bonchev–Trinajstić information content (AvgIpc) is 2.62. The van der Waals surface area contributed by atoms with Crippen molar-refractivity contribution < 1.29 is 18.0 Å². The minimum absolute atomic E-state index is 0.000440. The Morgan fingerprint density at radius 3 is 2.75 bits per heavy atom. The molecule has 1 aromatic rings. The van der Waals surface area contributed by atoms with Crippen LogP contribution in [0.3, 0.4) is 0 Å². The van der Waals surface area contributed by atoms with Crippen molar-refractivity contribution in [3.05, 3.63) is 11.7 Å². The lowest BCUT2D eigenvalue weighted by Gasteiger charge is -2.03. The number of hydrogen-bond acceptors (Lipinski definition) is 6. The number of nitrogens with one attached hydrogen (secondary N) is 1. The molecule has 2 N–H and O–H groups in total. The van der Waals surface area contributed by atoms with Gasteiger partial charge in [-0.3, -0.25) is 0 Å². The van der Waals surface area contributed by atoms with Crippen molar-refractivity contribution in [3.8, 4) is 0 Å². The zero-order valence-electron chi connectivity index (χ0n) is 9.01. The Labute approximate surface area is 93.9 Å². The number of unbranched alkanes of at least 4 members (excludes halogenated alkanes) is 1. The standard InChI is InChI=1S/C8H15N3O4S/c1-7-10-8(11-15-7)6-9-16(13,14)5-3-2-4-12/h9,12H,2-6H2,1H3. The number of aliphatic hydroxyl groups excluding tert-OH is 1. The van der Waals surface area contributed by atoms with Crippen molar-refractivity contribution in [2.45, 2.75) is 26.3 Å². The highest BCUT2D eigenvalue weighted by molar-refractivity contribution is 7.89. The van der Waals surface area contributed by atoms with Crippen LogP contribution in [0.15, 0.2) is 4.52 Å². The van der Waals surface area contributed by atoms with E-state index in [1.54, 1.807) is 6.92 Å². The molecule has 1 rings (SSSR count). The Kier molecular flexibility index (Phi) is 4.84. The van der Waals surface area contributed by atoms with E-state index >= 15 is 0 Å². The van der Waals surface area contributed by atoms with Gasteiger partial charge in [0.1, 0.15) is 0 Å². The molecule has 0 saturated heterocycles. The zero-order valence-corrected chi connectivity index (χ0v) is 9.83. The molecular formula is C8H15N3O4S. The van der Waals surface area contributed by atoms with Gasteiger partial charge in [-0.25, -0.2) is 13.1 Å². The van der Waals surface area contributed by atoms with Crippen LogP contribution in [0.25, 0.3) is 0 Å². The molecule has 0 aliphatic carbocycles.